The van der Waals surface area contributed by atoms with Crippen LogP contribution in [0.25, 0.3) is 5.65 Å². The van der Waals surface area contributed by atoms with Crippen LogP contribution in [0.15, 0.2) is 18.5 Å². The van der Waals surface area contributed by atoms with Gasteiger partial charge in [0.05, 0.1) is 23.5 Å². The second kappa shape index (κ2) is 7.39. The molecular weight excluding hydrogens is 380 g/mol. The van der Waals surface area contributed by atoms with Crippen molar-refractivity contribution < 1.29 is 4.79 Å². The fourth-order valence-electron chi connectivity index (χ4n) is 4.69. The number of hydrogen-bond donors (Lipinski definition) is 2. The van der Waals surface area contributed by atoms with Crippen LogP contribution in [0.3, 0.4) is 0 Å². The van der Waals surface area contributed by atoms with Gasteiger partial charge in [0.15, 0.2) is 5.65 Å². The lowest BCUT2D eigenvalue weighted by Crippen LogP contribution is -2.38. The van der Waals surface area contributed by atoms with Gasteiger partial charge in [0, 0.05) is 49.2 Å². The van der Waals surface area contributed by atoms with Crippen LogP contribution in [0.1, 0.15) is 59.0 Å². The van der Waals surface area contributed by atoms with Crippen molar-refractivity contribution in [1.82, 2.24) is 29.7 Å². The predicted molar refractivity (Wildman–Crippen MR) is 113 cm³/mol. The number of anilines is 1. The minimum atomic E-state index is -0.0498. The van der Waals surface area contributed by atoms with Gasteiger partial charge in [-0.1, -0.05) is 0 Å². The summed E-state index contributed by atoms with van der Waals surface area (Å²) in [5.41, 5.74) is 10.3. The van der Waals surface area contributed by atoms with Crippen molar-refractivity contribution in [2.75, 3.05) is 24.5 Å². The highest BCUT2D eigenvalue weighted by molar-refractivity contribution is 5.95. The van der Waals surface area contributed by atoms with Crippen molar-refractivity contribution in [2.24, 2.45) is 5.73 Å². The van der Waals surface area contributed by atoms with Gasteiger partial charge in [-0.15, -0.1) is 0 Å². The monoisotopic (exact) mass is 408 g/mol. The molecule has 5 heterocycles. The molecule has 0 unspecified atom stereocenters. The average molecular weight is 409 g/mol. The summed E-state index contributed by atoms with van der Waals surface area (Å²) in [6.07, 6.45) is 7.62. The number of H-pyrrole nitrogens is 1. The smallest absolute Gasteiger partial charge is 0.257 e. The zero-order valence-corrected chi connectivity index (χ0v) is 17.5. The number of nitrogens with one attached hydrogen (secondary N) is 1. The molecule has 0 spiro atoms. The molecule has 2 aliphatic rings. The number of hydrogen-bond acceptors (Lipinski definition) is 6. The van der Waals surface area contributed by atoms with E-state index in [4.69, 9.17) is 15.8 Å². The molecule has 2 saturated heterocycles. The number of aryl methyl sites for hydroxylation is 2. The van der Waals surface area contributed by atoms with Crippen molar-refractivity contribution >= 4 is 17.4 Å². The Balaban J connectivity index is 1.48. The number of carbonyl (C=O) groups excluding carboxylic acids is 1. The molecule has 3 aromatic rings. The van der Waals surface area contributed by atoms with Gasteiger partial charge in [-0.25, -0.2) is 9.50 Å². The number of aromatic nitrogens is 5. The number of piperidine rings is 1. The molecule has 0 bridgehead atoms. The molecule has 0 aromatic carbocycles. The molecule has 0 radical (unpaired) electrons. The first-order valence-corrected chi connectivity index (χ1v) is 10.7. The third-order valence-corrected chi connectivity index (χ3v) is 6.31. The summed E-state index contributed by atoms with van der Waals surface area (Å²) in [5.74, 6) is 0.992. The van der Waals surface area contributed by atoms with E-state index in [0.29, 0.717) is 5.56 Å². The van der Waals surface area contributed by atoms with Crippen LogP contribution in [0.5, 0.6) is 0 Å². The number of nitrogens with zero attached hydrogens (tertiary/aromatic N) is 6. The van der Waals surface area contributed by atoms with Crippen LogP contribution >= 0.6 is 0 Å². The fraction of sp³-hybridized carbons (Fsp3) is 0.524. The molecule has 9 nitrogen and oxygen atoms in total. The van der Waals surface area contributed by atoms with Gasteiger partial charge in [-0.3, -0.25) is 9.89 Å². The number of aromatic amines is 1. The molecule has 9 heteroatoms. The number of likely N-dealkylation sites (tertiary alicyclic amines) is 1. The fourth-order valence-corrected chi connectivity index (χ4v) is 4.69. The molecule has 158 valence electrons. The van der Waals surface area contributed by atoms with Crippen LogP contribution in [-0.2, 0) is 0 Å². The first-order chi connectivity index (χ1) is 14.5. The standard InChI is InChI=1S/C21H28N8O/c1-13-11-29-19(24-20(13)27-8-6-15(22)12-27)9-17(26-29)18-5-3-4-7-28(18)21(30)16-10-23-25-14(16)2/h9-11,15,18H,3-8,12,22H2,1-2H3,(H,23,25)/t15-,18-/m0/s1. The summed E-state index contributed by atoms with van der Waals surface area (Å²) in [7, 11) is 0. The SMILES string of the molecule is Cc1cn2nc([C@@H]3CCCCN3C(=O)c3cn[nH]c3C)cc2nc1N1CC[C@H](N)C1. The van der Waals surface area contributed by atoms with Crippen molar-refractivity contribution in [2.45, 2.75) is 51.6 Å². The highest BCUT2D eigenvalue weighted by Crippen LogP contribution is 2.33. The van der Waals surface area contributed by atoms with Gasteiger partial charge in [0.1, 0.15) is 5.82 Å². The van der Waals surface area contributed by atoms with Gasteiger partial charge in [-0.2, -0.15) is 10.2 Å². The highest BCUT2D eigenvalue weighted by atomic mass is 16.2. The Hall–Kier alpha value is -2.94. The molecule has 0 saturated carbocycles. The maximum Gasteiger partial charge on any atom is 0.257 e. The van der Waals surface area contributed by atoms with Crippen LogP contribution in [0.2, 0.25) is 0 Å². The summed E-state index contributed by atoms with van der Waals surface area (Å²) in [4.78, 5) is 22.3. The number of carbonyl (C=O) groups is 1. The maximum absolute atomic E-state index is 13.2. The van der Waals surface area contributed by atoms with Crippen LogP contribution in [-0.4, -0.2) is 61.3 Å². The van der Waals surface area contributed by atoms with E-state index in [1.54, 1.807) is 6.20 Å². The Labute approximate surface area is 175 Å². The van der Waals surface area contributed by atoms with Gasteiger partial charge in [0.2, 0.25) is 0 Å². The lowest BCUT2D eigenvalue weighted by atomic mass is 9.98. The molecule has 30 heavy (non-hydrogen) atoms. The third kappa shape index (κ3) is 3.23. The van der Waals surface area contributed by atoms with Gasteiger partial charge in [-0.05, 0) is 39.5 Å². The van der Waals surface area contributed by atoms with Crippen LogP contribution in [0.4, 0.5) is 5.82 Å². The molecule has 1 amide bonds. The zero-order chi connectivity index (χ0) is 20.8. The lowest BCUT2D eigenvalue weighted by molar-refractivity contribution is 0.0605. The summed E-state index contributed by atoms with van der Waals surface area (Å²) in [6.45, 7) is 6.43. The van der Waals surface area contributed by atoms with Crippen molar-refractivity contribution in [3.63, 3.8) is 0 Å². The highest BCUT2D eigenvalue weighted by Gasteiger charge is 2.32. The number of rotatable bonds is 3. The Bertz CT molecular complexity index is 1090. The average Bonchev–Trinajstić information content (AvgIpc) is 3.46. The summed E-state index contributed by atoms with van der Waals surface area (Å²) in [6, 6.07) is 2.18. The molecule has 2 fully saturated rings. The largest absolute Gasteiger partial charge is 0.355 e. The Morgan fingerprint density at radius 3 is 2.83 bits per heavy atom. The molecule has 3 N–H and O–H groups in total. The molecule has 5 rings (SSSR count). The Kier molecular flexibility index (Phi) is 4.69. The van der Waals surface area contributed by atoms with E-state index < -0.39 is 0 Å². The van der Waals surface area contributed by atoms with Crippen LogP contribution in [0, 0.1) is 13.8 Å². The van der Waals surface area contributed by atoms with E-state index in [2.05, 4.69) is 22.0 Å². The minimum absolute atomic E-state index is 0.0129. The van der Waals surface area contributed by atoms with Crippen molar-refractivity contribution in [3.8, 4) is 0 Å². The normalized spacial score (nSPS) is 22.2. The Morgan fingerprint density at radius 1 is 1.23 bits per heavy atom. The second-order valence-corrected chi connectivity index (χ2v) is 8.53. The topological polar surface area (TPSA) is 108 Å². The summed E-state index contributed by atoms with van der Waals surface area (Å²) in [5, 5.41) is 11.7. The van der Waals surface area contributed by atoms with E-state index in [-0.39, 0.29) is 18.0 Å². The Morgan fingerprint density at radius 2 is 2.10 bits per heavy atom. The lowest BCUT2D eigenvalue weighted by Gasteiger charge is -2.34. The molecule has 2 aliphatic heterocycles. The van der Waals surface area contributed by atoms with E-state index in [1.807, 2.05) is 28.6 Å². The first kappa shape index (κ1) is 19.0. The molecule has 0 aliphatic carbocycles. The van der Waals surface area contributed by atoms with E-state index in [0.717, 1.165) is 73.7 Å². The predicted octanol–water partition coefficient (Wildman–Crippen LogP) is 1.97. The molecule has 2 atom stereocenters. The van der Waals surface area contributed by atoms with E-state index >= 15 is 0 Å². The van der Waals surface area contributed by atoms with Crippen molar-refractivity contribution in [3.05, 3.63) is 41.0 Å². The number of fused-ring (bicyclic) bond motifs is 1. The van der Waals surface area contributed by atoms with Gasteiger partial charge in [0.25, 0.3) is 5.91 Å². The second-order valence-electron chi connectivity index (χ2n) is 8.53. The molecule has 3 aromatic heterocycles. The quantitative estimate of drug-likeness (QED) is 0.686. The minimum Gasteiger partial charge on any atom is -0.355 e. The maximum atomic E-state index is 13.2. The van der Waals surface area contributed by atoms with Crippen LogP contribution < -0.4 is 10.6 Å². The van der Waals surface area contributed by atoms with Gasteiger partial charge >= 0.3 is 0 Å². The van der Waals surface area contributed by atoms with Crippen molar-refractivity contribution in [1.29, 1.82) is 0 Å². The summed E-state index contributed by atoms with van der Waals surface area (Å²) < 4.78 is 1.84. The third-order valence-electron chi connectivity index (χ3n) is 6.31. The molecular formula is C21H28N8O. The number of amides is 1. The van der Waals surface area contributed by atoms with E-state index in [9.17, 15) is 4.79 Å². The number of nitrogens with two attached hydrogens (primary N) is 1. The van der Waals surface area contributed by atoms with Gasteiger partial charge < -0.3 is 15.5 Å². The van der Waals surface area contributed by atoms with E-state index in [1.165, 1.54) is 0 Å². The summed E-state index contributed by atoms with van der Waals surface area (Å²) >= 11 is 0. The zero-order valence-electron chi connectivity index (χ0n) is 17.5. The first-order valence-electron chi connectivity index (χ1n) is 10.7.